The zero-order valence-electron chi connectivity index (χ0n) is 9.33. The van der Waals surface area contributed by atoms with Crippen molar-refractivity contribution >= 4 is 0 Å². The van der Waals surface area contributed by atoms with Crippen LogP contribution in [0.25, 0.3) is 0 Å². The molecule has 84 valence electrons. The van der Waals surface area contributed by atoms with Gasteiger partial charge in [-0.15, -0.1) is 0 Å². The number of aliphatic hydroxyl groups is 1. The monoisotopic (exact) mass is 209 g/mol. The van der Waals surface area contributed by atoms with Gasteiger partial charge in [-0.2, -0.15) is 0 Å². The zero-order valence-corrected chi connectivity index (χ0v) is 9.33. The molecule has 1 aromatic rings. The fraction of sp³-hybridized carbons (Fsp3) is 0.500. The van der Waals surface area contributed by atoms with Crippen molar-refractivity contribution in [1.29, 1.82) is 0 Å². The third-order valence-electron chi connectivity index (χ3n) is 2.76. The van der Waals surface area contributed by atoms with Gasteiger partial charge in [-0.3, -0.25) is 0 Å². The van der Waals surface area contributed by atoms with Gasteiger partial charge in [0.1, 0.15) is 5.75 Å². The van der Waals surface area contributed by atoms with Gasteiger partial charge in [0.05, 0.1) is 6.61 Å². The van der Waals surface area contributed by atoms with E-state index in [2.05, 4.69) is 5.32 Å². The summed E-state index contributed by atoms with van der Waals surface area (Å²) >= 11 is 0. The van der Waals surface area contributed by atoms with Crippen LogP contribution >= 0.6 is 0 Å². The van der Waals surface area contributed by atoms with E-state index in [1.807, 2.05) is 26.0 Å². The summed E-state index contributed by atoms with van der Waals surface area (Å²) in [6, 6.07) is 7.13. The van der Waals surface area contributed by atoms with E-state index in [1.165, 1.54) is 0 Å². The molecular weight excluding hydrogens is 190 g/mol. The van der Waals surface area contributed by atoms with Crippen molar-refractivity contribution in [3.05, 3.63) is 29.8 Å². The molecule has 3 heteroatoms. The first-order valence-corrected chi connectivity index (χ1v) is 5.23. The number of hydrogen-bond donors (Lipinski definition) is 3. The maximum atomic E-state index is 9.28. The highest BCUT2D eigenvalue weighted by atomic mass is 16.3. The topological polar surface area (TPSA) is 52.5 Å². The van der Waals surface area contributed by atoms with Crippen molar-refractivity contribution in [2.45, 2.75) is 32.4 Å². The lowest BCUT2D eigenvalue weighted by atomic mass is 10.00. The van der Waals surface area contributed by atoms with Crippen molar-refractivity contribution in [2.75, 3.05) is 6.61 Å². The van der Waals surface area contributed by atoms with Gasteiger partial charge in [0, 0.05) is 12.1 Å². The Bertz CT molecular complexity index is 308. The summed E-state index contributed by atoms with van der Waals surface area (Å²) in [5.74, 6) is 0.275. The average molecular weight is 209 g/mol. The van der Waals surface area contributed by atoms with Gasteiger partial charge in [-0.25, -0.2) is 0 Å². The molecule has 3 N–H and O–H groups in total. The van der Waals surface area contributed by atoms with Gasteiger partial charge in [0.15, 0.2) is 0 Å². The minimum atomic E-state index is -0.245. The van der Waals surface area contributed by atoms with Crippen molar-refractivity contribution in [3.8, 4) is 5.75 Å². The Morgan fingerprint density at radius 2 is 2.13 bits per heavy atom. The Kier molecular flexibility index (Phi) is 4.12. The standard InChI is InChI=1S/C12H19NO2/c1-3-12(2,9-14)13-8-10-5-4-6-11(15)7-10/h4-7,13-15H,3,8-9H2,1-2H3. The molecule has 0 fully saturated rings. The van der Waals surface area contributed by atoms with Gasteiger partial charge in [-0.05, 0) is 31.0 Å². The number of benzene rings is 1. The molecule has 0 aliphatic carbocycles. The van der Waals surface area contributed by atoms with Crippen LogP contribution in [0.5, 0.6) is 5.75 Å². The third-order valence-corrected chi connectivity index (χ3v) is 2.76. The number of nitrogens with one attached hydrogen (secondary N) is 1. The van der Waals surface area contributed by atoms with Gasteiger partial charge in [-0.1, -0.05) is 19.1 Å². The minimum Gasteiger partial charge on any atom is -0.508 e. The van der Waals surface area contributed by atoms with E-state index in [0.717, 1.165) is 12.0 Å². The number of hydrogen-bond acceptors (Lipinski definition) is 3. The molecule has 0 heterocycles. The first-order chi connectivity index (χ1) is 7.09. The lowest BCUT2D eigenvalue weighted by Gasteiger charge is -2.27. The van der Waals surface area contributed by atoms with Gasteiger partial charge >= 0.3 is 0 Å². The van der Waals surface area contributed by atoms with Gasteiger partial charge < -0.3 is 15.5 Å². The molecule has 0 saturated heterocycles. The molecule has 0 aliphatic rings. The number of rotatable bonds is 5. The van der Waals surface area contributed by atoms with Crippen LogP contribution in [0.2, 0.25) is 0 Å². The van der Waals surface area contributed by atoms with Crippen LogP contribution in [-0.4, -0.2) is 22.4 Å². The predicted molar refractivity (Wildman–Crippen MR) is 60.7 cm³/mol. The molecular formula is C12H19NO2. The Morgan fingerprint density at radius 1 is 1.40 bits per heavy atom. The molecule has 15 heavy (non-hydrogen) atoms. The highest BCUT2D eigenvalue weighted by Crippen LogP contribution is 2.13. The molecule has 0 radical (unpaired) electrons. The van der Waals surface area contributed by atoms with Gasteiger partial charge in [0.2, 0.25) is 0 Å². The van der Waals surface area contributed by atoms with Crippen LogP contribution < -0.4 is 5.32 Å². The molecule has 0 spiro atoms. The summed E-state index contributed by atoms with van der Waals surface area (Å²) in [6.07, 6.45) is 0.863. The maximum Gasteiger partial charge on any atom is 0.115 e. The summed E-state index contributed by atoms with van der Waals surface area (Å²) in [6.45, 7) is 4.78. The quantitative estimate of drug-likeness (QED) is 0.691. The molecule has 0 amide bonds. The molecule has 1 unspecified atom stereocenters. The van der Waals surface area contributed by atoms with Crippen molar-refractivity contribution < 1.29 is 10.2 Å². The van der Waals surface area contributed by atoms with Crippen LogP contribution in [0.15, 0.2) is 24.3 Å². The Morgan fingerprint density at radius 3 is 2.67 bits per heavy atom. The van der Waals surface area contributed by atoms with E-state index >= 15 is 0 Å². The largest absolute Gasteiger partial charge is 0.508 e. The lowest BCUT2D eigenvalue weighted by Crippen LogP contribution is -2.44. The van der Waals surface area contributed by atoms with Crippen molar-refractivity contribution in [2.24, 2.45) is 0 Å². The van der Waals surface area contributed by atoms with E-state index in [1.54, 1.807) is 12.1 Å². The van der Waals surface area contributed by atoms with E-state index in [0.29, 0.717) is 6.54 Å². The van der Waals surface area contributed by atoms with Crippen LogP contribution in [-0.2, 0) is 6.54 Å². The summed E-state index contributed by atoms with van der Waals surface area (Å²) in [5, 5.41) is 21.8. The lowest BCUT2D eigenvalue weighted by molar-refractivity contribution is 0.169. The normalized spacial score (nSPS) is 14.9. The van der Waals surface area contributed by atoms with Crippen LogP contribution in [0.1, 0.15) is 25.8 Å². The predicted octanol–water partition coefficient (Wildman–Crippen LogP) is 1.64. The molecule has 3 nitrogen and oxygen atoms in total. The van der Waals surface area contributed by atoms with Crippen molar-refractivity contribution in [1.82, 2.24) is 5.32 Å². The Labute approximate surface area is 90.8 Å². The van der Waals surface area contributed by atoms with Crippen molar-refractivity contribution in [3.63, 3.8) is 0 Å². The SMILES string of the molecule is CCC(C)(CO)NCc1cccc(O)c1. The summed E-state index contributed by atoms with van der Waals surface area (Å²) in [7, 11) is 0. The highest BCUT2D eigenvalue weighted by Gasteiger charge is 2.19. The molecule has 0 aliphatic heterocycles. The van der Waals surface area contributed by atoms with Gasteiger partial charge in [0.25, 0.3) is 0 Å². The molecule has 1 atom stereocenters. The fourth-order valence-corrected chi connectivity index (χ4v) is 1.27. The second-order valence-corrected chi connectivity index (χ2v) is 4.10. The van der Waals surface area contributed by atoms with Crippen LogP contribution in [0.4, 0.5) is 0 Å². The second-order valence-electron chi connectivity index (χ2n) is 4.10. The number of aliphatic hydroxyl groups excluding tert-OH is 1. The first kappa shape index (κ1) is 12.0. The second kappa shape index (κ2) is 5.14. The molecule has 0 saturated carbocycles. The molecule has 0 aromatic heterocycles. The third kappa shape index (κ3) is 3.53. The maximum absolute atomic E-state index is 9.28. The number of phenolic OH excluding ortho intramolecular Hbond substituents is 1. The highest BCUT2D eigenvalue weighted by molar-refractivity contribution is 5.27. The van der Waals surface area contributed by atoms with E-state index < -0.39 is 0 Å². The summed E-state index contributed by atoms with van der Waals surface area (Å²) < 4.78 is 0. The Hall–Kier alpha value is -1.06. The summed E-state index contributed by atoms with van der Waals surface area (Å²) in [4.78, 5) is 0. The minimum absolute atomic E-state index is 0.113. The zero-order chi connectivity index (χ0) is 11.3. The molecule has 0 bridgehead atoms. The first-order valence-electron chi connectivity index (χ1n) is 5.23. The van der Waals surface area contributed by atoms with E-state index in [9.17, 15) is 10.2 Å². The fourth-order valence-electron chi connectivity index (χ4n) is 1.27. The number of phenols is 1. The number of aromatic hydroxyl groups is 1. The molecule has 1 aromatic carbocycles. The van der Waals surface area contributed by atoms with E-state index in [4.69, 9.17) is 0 Å². The van der Waals surface area contributed by atoms with Crippen LogP contribution in [0.3, 0.4) is 0 Å². The summed E-state index contributed by atoms with van der Waals surface area (Å²) in [5.41, 5.74) is 0.772. The average Bonchev–Trinajstić information content (AvgIpc) is 2.26. The Balaban J connectivity index is 2.56. The molecule has 1 rings (SSSR count). The van der Waals surface area contributed by atoms with Crippen LogP contribution in [0, 0.1) is 0 Å². The van der Waals surface area contributed by atoms with E-state index in [-0.39, 0.29) is 17.9 Å². The smallest absolute Gasteiger partial charge is 0.115 e.